The van der Waals surface area contributed by atoms with Gasteiger partial charge in [0, 0.05) is 0 Å². The molecule has 2 atom stereocenters. The first kappa shape index (κ1) is 15.5. The van der Waals surface area contributed by atoms with Gasteiger partial charge in [-0.3, -0.25) is 0 Å². The van der Waals surface area contributed by atoms with Crippen LogP contribution in [0.3, 0.4) is 0 Å². The smallest absolute Gasteiger partial charge is 0.161 e. The zero-order valence-corrected chi connectivity index (χ0v) is 13.9. The minimum Gasteiger partial charge on any atom is -0.493 e. The van der Waals surface area contributed by atoms with Crippen LogP contribution in [0.4, 0.5) is 0 Å². The molecule has 0 amide bonds. The Kier molecular flexibility index (Phi) is 4.53. The summed E-state index contributed by atoms with van der Waals surface area (Å²) in [4.78, 5) is 0. The maximum Gasteiger partial charge on any atom is 0.161 e. The Balaban J connectivity index is 2.37. The maximum atomic E-state index is 6.83. The van der Waals surface area contributed by atoms with Gasteiger partial charge in [0.05, 0.1) is 19.6 Å². The van der Waals surface area contributed by atoms with Crippen LogP contribution in [-0.4, -0.2) is 14.2 Å². The summed E-state index contributed by atoms with van der Waals surface area (Å²) in [5, 5.41) is 0.0345. The molecule has 0 radical (unpaired) electrons. The quantitative estimate of drug-likeness (QED) is 0.718. The zero-order valence-electron chi connectivity index (χ0n) is 13.1. The number of halogens is 1. The molecule has 0 saturated heterocycles. The molecular weight excluding hydrogens is 272 g/mol. The van der Waals surface area contributed by atoms with Gasteiger partial charge < -0.3 is 9.47 Å². The summed E-state index contributed by atoms with van der Waals surface area (Å²) in [6.45, 7) is 6.75. The van der Waals surface area contributed by atoms with Gasteiger partial charge in [-0.05, 0) is 54.4 Å². The largest absolute Gasteiger partial charge is 0.493 e. The lowest BCUT2D eigenvalue weighted by Gasteiger charge is -2.32. The van der Waals surface area contributed by atoms with Crippen LogP contribution in [0, 0.1) is 18.3 Å². The van der Waals surface area contributed by atoms with Gasteiger partial charge in [0.25, 0.3) is 0 Å². The predicted octanol–water partition coefficient (Wildman–Crippen LogP) is 5.12. The van der Waals surface area contributed by atoms with Crippen LogP contribution in [0.2, 0.25) is 0 Å². The van der Waals surface area contributed by atoms with E-state index in [4.69, 9.17) is 21.1 Å². The van der Waals surface area contributed by atoms with Crippen molar-refractivity contribution in [2.75, 3.05) is 14.2 Å². The van der Waals surface area contributed by atoms with Crippen LogP contribution in [0.15, 0.2) is 12.1 Å². The van der Waals surface area contributed by atoms with E-state index in [1.807, 2.05) is 12.1 Å². The average molecular weight is 297 g/mol. The molecule has 1 aromatic rings. The molecule has 0 bridgehead atoms. The van der Waals surface area contributed by atoms with Gasteiger partial charge in [-0.15, -0.1) is 11.6 Å². The second-order valence-electron chi connectivity index (χ2n) is 6.45. The summed E-state index contributed by atoms with van der Waals surface area (Å²) in [6.07, 6.45) is 3.73. The lowest BCUT2D eigenvalue weighted by Crippen LogP contribution is -2.22. The third-order valence-corrected chi connectivity index (χ3v) is 5.30. The van der Waals surface area contributed by atoms with Crippen molar-refractivity contribution >= 4 is 11.6 Å². The Morgan fingerprint density at radius 2 is 1.80 bits per heavy atom. The highest BCUT2D eigenvalue weighted by atomic mass is 35.5. The minimum atomic E-state index is 0.0345. The number of ether oxygens (including phenoxy) is 2. The molecule has 0 N–H and O–H groups in total. The van der Waals surface area contributed by atoms with E-state index in [2.05, 4.69) is 20.8 Å². The molecule has 1 aliphatic rings. The van der Waals surface area contributed by atoms with Crippen molar-refractivity contribution in [1.82, 2.24) is 0 Å². The fourth-order valence-corrected chi connectivity index (χ4v) is 4.11. The lowest BCUT2D eigenvalue weighted by molar-refractivity contribution is 0.251. The topological polar surface area (TPSA) is 18.5 Å². The average Bonchev–Trinajstić information content (AvgIpc) is 2.77. The summed E-state index contributed by atoms with van der Waals surface area (Å²) in [7, 11) is 3.33. The summed E-state index contributed by atoms with van der Waals surface area (Å²) in [5.41, 5.74) is 2.65. The standard InChI is InChI=1S/C17H25ClO2/c1-11-9-14(19-4)15(20-5)10-12(11)16(18)13-7-6-8-17(13,2)3/h9-10,13,16H,6-8H2,1-5H3. The highest BCUT2D eigenvalue weighted by Gasteiger charge is 2.40. The van der Waals surface area contributed by atoms with E-state index in [0.717, 1.165) is 11.5 Å². The van der Waals surface area contributed by atoms with Gasteiger partial charge in [0.1, 0.15) is 0 Å². The number of alkyl halides is 1. The predicted molar refractivity (Wildman–Crippen MR) is 84.0 cm³/mol. The van der Waals surface area contributed by atoms with E-state index in [-0.39, 0.29) is 5.38 Å². The van der Waals surface area contributed by atoms with Gasteiger partial charge in [-0.25, -0.2) is 0 Å². The Bertz CT molecular complexity index is 482. The number of rotatable bonds is 4. The van der Waals surface area contributed by atoms with Gasteiger partial charge in [0.2, 0.25) is 0 Å². The number of benzene rings is 1. The van der Waals surface area contributed by atoms with Gasteiger partial charge in [-0.2, -0.15) is 0 Å². The molecule has 0 spiro atoms. The third-order valence-electron chi connectivity index (χ3n) is 4.76. The highest BCUT2D eigenvalue weighted by Crippen LogP contribution is 2.52. The van der Waals surface area contributed by atoms with Gasteiger partial charge in [-0.1, -0.05) is 20.3 Å². The fraction of sp³-hybridized carbons (Fsp3) is 0.647. The van der Waals surface area contributed by atoms with E-state index < -0.39 is 0 Å². The Labute approximate surface area is 127 Å². The van der Waals surface area contributed by atoms with Crippen molar-refractivity contribution in [3.8, 4) is 11.5 Å². The highest BCUT2D eigenvalue weighted by molar-refractivity contribution is 6.21. The summed E-state index contributed by atoms with van der Waals surface area (Å²) in [5.74, 6) is 2.04. The van der Waals surface area contributed by atoms with E-state index in [1.165, 1.54) is 30.4 Å². The van der Waals surface area contributed by atoms with Crippen molar-refractivity contribution < 1.29 is 9.47 Å². The van der Waals surface area contributed by atoms with E-state index in [9.17, 15) is 0 Å². The Morgan fingerprint density at radius 1 is 1.20 bits per heavy atom. The first-order chi connectivity index (χ1) is 9.40. The summed E-state index contributed by atoms with van der Waals surface area (Å²) in [6, 6.07) is 4.06. The number of hydrogen-bond acceptors (Lipinski definition) is 2. The molecule has 1 aliphatic carbocycles. The van der Waals surface area contributed by atoms with Crippen LogP contribution in [0.5, 0.6) is 11.5 Å². The SMILES string of the molecule is COc1cc(C)c(C(Cl)C2CCCC2(C)C)cc1OC. The Hall–Kier alpha value is -0.890. The van der Waals surface area contributed by atoms with E-state index in [1.54, 1.807) is 14.2 Å². The molecule has 1 fully saturated rings. The number of aryl methyl sites for hydroxylation is 1. The molecule has 2 rings (SSSR count). The van der Waals surface area contributed by atoms with Crippen LogP contribution < -0.4 is 9.47 Å². The molecule has 0 aromatic heterocycles. The van der Waals surface area contributed by atoms with Crippen molar-refractivity contribution in [2.45, 2.75) is 45.4 Å². The third kappa shape index (κ3) is 2.76. The summed E-state index contributed by atoms with van der Waals surface area (Å²) >= 11 is 6.83. The maximum absolute atomic E-state index is 6.83. The first-order valence-corrected chi connectivity index (χ1v) is 7.71. The molecular formula is C17H25ClO2. The van der Waals surface area contributed by atoms with Crippen LogP contribution in [-0.2, 0) is 0 Å². The molecule has 112 valence electrons. The molecule has 20 heavy (non-hydrogen) atoms. The molecule has 1 saturated carbocycles. The van der Waals surface area contributed by atoms with Crippen molar-refractivity contribution in [3.05, 3.63) is 23.3 Å². The number of methoxy groups -OCH3 is 2. The lowest BCUT2D eigenvalue weighted by atomic mass is 9.77. The molecule has 2 unspecified atom stereocenters. The molecule has 3 heteroatoms. The van der Waals surface area contributed by atoms with Crippen LogP contribution in [0.1, 0.15) is 49.6 Å². The van der Waals surface area contributed by atoms with E-state index in [0.29, 0.717) is 11.3 Å². The molecule has 0 aliphatic heterocycles. The van der Waals surface area contributed by atoms with Crippen LogP contribution >= 0.6 is 11.6 Å². The second kappa shape index (κ2) is 5.85. The fourth-order valence-electron chi connectivity index (χ4n) is 3.41. The second-order valence-corrected chi connectivity index (χ2v) is 6.92. The normalized spacial score (nSPS) is 22.6. The van der Waals surface area contributed by atoms with Crippen molar-refractivity contribution in [3.63, 3.8) is 0 Å². The first-order valence-electron chi connectivity index (χ1n) is 7.27. The number of hydrogen-bond donors (Lipinski definition) is 0. The van der Waals surface area contributed by atoms with Crippen LogP contribution in [0.25, 0.3) is 0 Å². The summed E-state index contributed by atoms with van der Waals surface area (Å²) < 4.78 is 10.8. The monoisotopic (exact) mass is 296 g/mol. The van der Waals surface area contributed by atoms with E-state index >= 15 is 0 Å². The minimum absolute atomic E-state index is 0.0345. The van der Waals surface area contributed by atoms with Crippen molar-refractivity contribution in [2.24, 2.45) is 11.3 Å². The molecule has 1 aromatic carbocycles. The van der Waals surface area contributed by atoms with Crippen molar-refractivity contribution in [1.29, 1.82) is 0 Å². The molecule has 2 nitrogen and oxygen atoms in total. The van der Waals surface area contributed by atoms with Gasteiger partial charge >= 0.3 is 0 Å². The Morgan fingerprint density at radius 3 is 2.30 bits per heavy atom. The van der Waals surface area contributed by atoms with Gasteiger partial charge in [0.15, 0.2) is 11.5 Å². The zero-order chi connectivity index (χ0) is 14.9. The molecule has 0 heterocycles.